The van der Waals surface area contributed by atoms with Crippen LogP contribution in [0.2, 0.25) is 0 Å². The van der Waals surface area contributed by atoms with Crippen LogP contribution in [0.15, 0.2) is 0 Å². The van der Waals surface area contributed by atoms with Gasteiger partial charge in [0.1, 0.15) is 5.54 Å². The van der Waals surface area contributed by atoms with Crippen LogP contribution < -0.4 is 5.32 Å². The van der Waals surface area contributed by atoms with Crippen LogP contribution in [0.4, 0.5) is 0 Å². The summed E-state index contributed by atoms with van der Waals surface area (Å²) >= 11 is 0. The maximum absolute atomic E-state index is 12.6. The summed E-state index contributed by atoms with van der Waals surface area (Å²) in [6.07, 6.45) is 3.48. The topological polar surface area (TPSA) is 96.2 Å². The molecule has 9 nitrogen and oxygen atoms in total. The minimum absolute atomic E-state index is 0.00879. The number of hydrogen-bond donors (Lipinski definition) is 1. The molecule has 1 N–H and O–H groups in total. The second-order valence-electron chi connectivity index (χ2n) is 8.24. The standard InChI is InChI=1S/C18H31N7O2/c1-14-6-10-23(11-7-14)13-15-20-21-22-25(15)9-4-5-16(26)24-12-8-19-17(27)18(24,2)3/h14H,4-13H2,1-3H3,(H,19,27). The van der Waals surface area contributed by atoms with E-state index in [1.165, 1.54) is 12.8 Å². The molecule has 3 rings (SSSR count). The van der Waals surface area contributed by atoms with Crippen molar-refractivity contribution in [2.45, 2.75) is 65.1 Å². The van der Waals surface area contributed by atoms with Crippen LogP contribution in [0, 0.1) is 5.92 Å². The van der Waals surface area contributed by atoms with E-state index in [1.54, 1.807) is 23.4 Å². The van der Waals surface area contributed by atoms with Gasteiger partial charge in [-0.05, 0) is 62.5 Å². The van der Waals surface area contributed by atoms with E-state index in [0.717, 1.165) is 31.4 Å². The van der Waals surface area contributed by atoms with Gasteiger partial charge in [-0.15, -0.1) is 5.10 Å². The third-order valence-electron chi connectivity index (χ3n) is 5.76. The second kappa shape index (κ2) is 8.33. The van der Waals surface area contributed by atoms with E-state index < -0.39 is 5.54 Å². The molecule has 3 heterocycles. The molecule has 1 aromatic rings. The lowest BCUT2D eigenvalue weighted by molar-refractivity contribution is -0.149. The Hall–Kier alpha value is -2.03. The number of nitrogens with one attached hydrogen (secondary N) is 1. The first-order chi connectivity index (χ1) is 12.9. The summed E-state index contributed by atoms with van der Waals surface area (Å²) in [5.74, 6) is 1.56. The van der Waals surface area contributed by atoms with Crippen molar-refractivity contribution in [1.29, 1.82) is 0 Å². The summed E-state index contributed by atoms with van der Waals surface area (Å²) in [6.45, 7) is 10.5. The number of piperidine rings is 1. The zero-order valence-corrected chi connectivity index (χ0v) is 16.6. The Bertz CT molecular complexity index is 664. The molecule has 0 unspecified atom stereocenters. The van der Waals surface area contributed by atoms with Crippen LogP contribution in [-0.2, 0) is 22.7 Å². The van der Waals surface area contributed by atoms with Crippen LogP contribution in [0.5, 0.6) is 0 Å². The number of amides is 2. The third-order valence-corrected chi connectivity index (χ3v) is 5.76. The molecule has 0 spiro atoms. The van der Waals surface area contributed by atoms with Gasteiger partial charge in [-0.2, -0.15) is 0 Å². The van der Waals surface area contributed by atoms with Gasteiger partial charge in [-0.25, -0.2) is 4.68 Å². The molecule has 1 aromatic heterocycles. The predicted octanol–water partition coefficient (Wildman–Crippen LogP) is 0.422. The number of rotatable bonds is 6. The smallest absolute Gasteiger partial charge is 0.245 e. The van der Waals surface area contributed by atoms with Crippen molar-refractivity contribution in [3.8, 4) is 0 Å². The van der Waals surface area contributed by atoms with Gasteiger partial charge in [0.2, 0.25) is 11.8 Å². The first kappa shape index (κ1) is 19.7. The van der Waals surface area contributed by atoms with E-state index in [4.69, 9.17) is 0 Å². The number of tetrazole rings is 1. The molecule has 0 aromatic carbocycles. The molecule has 0 aliphatic carbocycles. The molecule has 150 valence electrons. The van der Waals surface area contributed by atoms with Crippen LogP contribution >= 0.6 is 0 Å². The molecular formula is C18H31N7O2. The third kappa shape index (κ3) is 4.63. The summed E-state index contributed by atoms with van der Waals surface area (Å²) in [7, 11) is 0. The molecule has 2 aliphatic rings. The zero-order chi connectivity index (χ0) is 19.4. The number of aryl methyl sites for hydroxylation is 1. The average Bonchev–Trinajstić information content (AvgIpc) is 3.06. The lowest BCUT2D eigenvalue weighted by Gasteiger charge is -2.41. The normalized spacial score (nSPS) is 21.3. The molecule has 2 fully saturated rings. The molecule has 0 atom stereocenters. The lowest BCUT2D eigenvalue weighted by atomic mass is 9.98. The lowest BCUT2D eigenvalue weighted by Crippen LogP contribution is -2.63. The van der Waals surface area contributed by atoms with Crippen molar-refractivity contribution in [1.82, 2.24) is 35.3 Å². The zero-order valence-electron chi connectivity index (χ0n) is 16.6. The highest BCUT2D eigenvalue weighted by Crippen LogP contribution is 2.20. The number of carbonyl (C=O) groups excluding carboxylic acids is 2. The quantitative estimate of drug-likeness (QED) is 0.772. The van der Waals surface area contributed by atoms with Crippen LogP contribution in [0.3, 0.4) is 0 Å². The van der Waals surface area contributed by atoms with Crippen molar-refractivity contribution < 1.29 is 9.59 Å². The fourth-order valence-corrected chi connectivity index (χ4v) is 3.78. The monoisotopic (exact) mass is 377 g/mol. The molecule has 0 saturated carbocycles. The van der Waals surface area contributed by atoms with E-state index in [-0.39, 0.29) is 11.8 Å². The Labute approximate surface area is 160 Å². The largest absolute Gasteiger partial charge is 0.352 e. The number of piperazine rings is 1. The number of carbonyl (C=O) groups is 2. The molecular weight excluding hydrogens is 346 g/mol. The van der Waals surface area contributed by atoms with Gasteiger partial charge in [0.05, 0.1) is 6.54 Å². The number of aromatic nitrogens is 4. The molecule has 0 bridgehead atoms. The van der Waals surface area contributed by atoms with Gasteiger partial charge in [0.25, 0.3) is 0 Å². The van der Waals surface area contributed by atoms with Crippen molar-refractivity contribution in [3.63, 3.8) is 0 Å². The summed E-state index contributed by atoms with van der Waals surface area (Å²) in [5.41, 5.74) is -0.791. The van der Waals surface area contributed by atoms with Gasteiger partial charge in [0, 0.05) is 26.1 Å². The SMILES string of the molecule is CC1CCN(Cc2nnnn2CCCC(=O)N2CCNC(=O)C2(C)C)CC1. The van der Waals surface area contributed by atoms with E-state index in [0.29, 0.717) is 32.5 Å². The molecule has 27 heavy (non-hydrogen) atoms. The fraction of sp³-hybridized carbons (Fsp3) is 0.833. The maximum Gasteiger partial charge on any atom is 0.245 e. The van der Waals surface area contributed by atoms with Crippen molar-refractivity contribution >= 4 is 11.8 Å². The van der Waals surface area contributed by atoms with Gasteiger partial charge in [0.15, 0.2) is 5.82 Å². The summed E-state index contributed by atoms with van der Waals surface area (Å²) in [4.78, 5) is 28.7. The van der Waals surface area contributed by atoms with Crippen molar-refractivity contribution in [3.05, 3.63) is 5.82 Å². The minimum atomic E-state index is -0.791. The maximum atomic E-state index is 12.6. The molecule has 2 saturated heterocycles. The van der Waals surface area contributed by atoms with Gasteiger partial charge in [-0.3, -0.25) is 14.5 Å². The Morgan fingerprint density at radius 2 is 2.00 bits per heavy atom. The van der Waals surface area contributed by atoms with E-state index in [2.05, 4.69) is 32.7 Å². The van der Waals surface area contributed by atoms with Gasteiger partial charge in [-0.1, -0.05) is 6.92 Å². The number of nitrogens with zero attached hydrogens (tertiary/aromatic N) is 6. The molecule has 2 amide bonds. The Kier molecular flexibility index (Phi) is 6.08. The predicted molar refractivity (Wildman–Crippen MR) is 99.5 cm³/mol. The summed E-state index contributed by atoms with van der Waals surface area (Å²) in [6, 6.07) is 0. The van der Waals surface area contributed by atoms with Crippen molar-refractivity contribution in [2.24, 2.45) is 5.92 Å². The van der Waals surface area contributed by atoms with E-state index in [9.17, 15) is 9.59 Å². The Balaban J connectivity index is 1.49. The molecule has 0 radical (unpaired) electrons. The number of likely N-dealkylation sites (tertiary alicyclic amines) is 1. The second-order valence-corrected chi connectivity index (χ2v) is 8.24. The molecule has 9 heteroatoms. The highest BCUT2D eigenvalue weighted by Gasteiger charge is 2.39. The summed E-state index contributed by atoms with van der Waals surface area (Å²) in [5, 5.41) is 14.9. The van der Waals surface area contributed by atoms with Gasteiger partial charge >= 0.3 is 0 Å². The highest BCUT2D eigenvalue weighted by molar-refractivity contribution is 5.91. The van der Waals surface area contributed by atoms with Crippen LogP contribution in [0.25, 0.3) is 0 Å². The van der Waals surface area contributed by atoms with Crippen molar-refractivity contribution in [2.75, 3.05) is 26.2 Å². The molecule has 2 aliphatic heterocycles. The van der Waals surface area contributed by atoms with Gasteiger partial charge < -0.3 is 10.2 Å². The van der Waals surface area contributed by atoms with Crippen LogP contribution in [-0.4, -0.2) is 73.5 Å². The van der Waals surface area contributed by atoms with E-state index >= 15 is 0 Å². The van der Waals surface area contributed by atoms with E-state index in [1.807, 2.05) is 0 Å². The first-order valence-corrected chi connectivity index (χ1v) is 9.94. The Morgan fingerprint density at radius 3 is 2.74 bits per heavy atom. The minimum Gasteiger partial charge on any atom is -0.352 e. The fourth-order valence-electron chi connectivity index (χ4n) is 3.78. The summed E-state index contributed by atoms with van der Waals surface area (Å²) < 4.78 is 1.80. The highest BCUT2D eigenvalue weighted by atomic mass is 16.2. The average molecular weight is 377 g/mol. The Morgan fingerprint density at radius 1 is 1.26 bits per heavy atom. The first-order valence-electron chi connectivity index (χ1n) is 9.94. The number of hydrogen-bond acceptors (Lipinski definition) is 6. The van der Waals surface area contributed by atoms with Crippen LogP contribution in [0.1, 0.15) is 52.3 Å².